The van der Waals surface area contributed by atoms with E-state index in [2.05, 4.69) is 0 Å². The van der Waals surface area contributed by atoms with Gasteiger partial charge in [0.2, 0.25) is 0 Å². The summed E-state index contributed by atoms with van der Waals surface area (Å²) in [6, 6.07) is 0. The minimum absolute atomic E-state index is 0. The van der Waals surface area contributed by atoms with E-state index in [9.17, 15) is 0 Å². The molecule has 2 atom stereocenters. The Kier molecular flexibility index (Phi) is 433. The van der Waals surface area contributed by atoms with E-state index in [-0.39, 0.29) is 103 Å². The molecular weight excluding hydrogens is 353 g/mol. The topological polar surface area (TPSA) is 0 Å². The van der Waals surface area contributed by atoms with Gasteiger partial charge in [-0.3, -0.25) is 0 Å². The Morgan fingerprint density at radius 3 is 0.500 bits per heavy atom. The molecule has 0 aromatic carbocycles. The van der Waals surface area contributed by atoms with Crippen molar-refractivity contribution in [2.24, 2.45) is 0 Å². The molecule has 0 bridgehead atoms. The summed E-state index contributed by atoms with van der Waals surface area (Å²) < 4.78 is 0. The summed E-state index contributed by atoms with van der Waals surface area (Å²) in [5.74, 6) is 0. The third kappa shape index (κ3) is 27.3. The van der Waals surface area contributed by atoms with Crippen molar-refractivity contribution in [3.63, 3.8) is 0 Å². The Morgan fingerprint density at radius 2 is 0.500 bits per heavy atom. The summed E-state index contributed by atoms with van der Waals surface area (Å²) in [7, 11) is 0. The Hall–Kier alpha value is 3.13. The first-order chi connectivity index (χ1) is 0. The van der Waals surface area contributed by atoms with E-state index in [0.29, 0.717) is 0 Å². The van der Waals surface area contributed by atoms with Crippen LogP contribution in [-0.2, 0) is 49.5 Å². The van der Waals surface area contributed by atoms with Crippen molar-refractivity contribution in [3.8, 4) is 0 Å². The average molecular weight is 362 g/mol. The van der Waals surface area contributed by atoms with E-state index >= 15 is 0 Å². The minimum Gasteiger partial charge on any atom is 0 e. The minimum atomic E-state index is 0. The predicted octanol–water partition coefficient (Wildman–Crippen LogP) is -3.56. The monoisotopic (exact) mass is 360 g/mol. The summed E-state index contributed by atoms with van der Waals surface area (Å²) in [4.78, 5) is 0. The molecule has 0 aliphatic heterocycles. The van der Waals surface area contributed by atoms with E-state index < -0.39 is 0 Å². The third-order valence-electron chi connectivity index (χ3n) is 0. The van der Waals surface area contributed by atoms with Gasteiger partial charge in [0.25, 0.3) is 0 Å². The van der Waals surface area contributed by atoms with Gasteiger partial charge in [0.05, 0.1) is 0 Å². The maximum atomic E-state index is 0. The first kappa shape index (κ1) is 61.6. The van der Waals surface area contributed by atoms with Crippen LogP contribution < -0.4 is 0 Å². The van der Waals surface area contributed by atoms with Crippen LogP contribution in [-0.4, -0.2) is 53.3 Å². The van der Waals surface area contributed by atoms with Crippen molar-refractivity contribution in [1.82, 2.24) is 0 Å². The normalized spacial score (nSPS) is 0. The average Bonchev–Trinajstić information content (AvgIpc) is 0. The molecule has 6 heteroatoms. The molecular formula is H9AlAs2Ni3. The van der Waals surface area contributed by atoms with Crippen LogP contribution in [0.4, 0.5) is 0 Å². The zero-order valence-electron chi connectivity index (χ0n) is 2.36. The molecule has 0 fully saturated rings. The van der Waals surface area contributed by atoms with Crippen LogP contribution in [0.5, 0.6) is 0 Å². The van der Waals surface area contributed by atoms with Gasteiger partial charge in [-0.2, -0.15) is 0 Å². The molecule has 0 rings (SSSR count). The van der Waals surface area contributed by atoms with Gasteiger partial charge in [0.1, 0.15) is 0 Å². The molecule has 0 amide bonds. The van der Waals surface area contributed by atoms with Gasteiger partial charge in [-0.1, -0.05) is 0 Å². The molecule has 0 saturated heterocycles. The molecule has 0 radical (unpaired) electrons. The molecule has 6 heavy (non-hydrogen) atoms. The van der Waals surface area contributed by atoms with Crippen molar-refractivity contribution in [2.75, 3.05) is 0 Å². The summed E-state index contributed by atoms with van der Waals surface area (Å²) in [6.07, 6.45) is 0. The fraction of sp³-hybridized carbons (Fsp3) is 0. The van der Waals surface area contributed by atoms with Crippen LogP contribution in [0.1, 0.15) is 0 Å². The smallest absolute Gasteiger partial charge is 0 e. The molecule has 0 saturated carbocycles. The van der Waals surface area contributed by atoms with E-state index in [4.69, 9.17) is 0 Å². The van der Waals surface area contributed by atoms with E-state index in [1.165, 1.54) is 0 Å². The molecule has 0 aromatic heterocycles. The van der Waals surface area contributed by atoms with Crippen molar-refractivity contribution in [2.45, 2.75) is 0 Å². The largest absolute Gasteiger partial charge is 0 e. The van der Waals surface area contributed by atoms with Crippen molar-refractivity contribution in [1.29, 1.82) is 0 Å². The van der Waals surface area contributed by atoms with Gasteiger partial charge in [-0.05, 0) is 0 Å². The van der Waals surface area contributed by atoms with E-state index in [1.54, 1.807) is 0 Å². The van der Waals surface area contributed by atoms with Gasteiger partial charge in [-0.25, -0.2) is 0 Å². The van der Waals surface area contributed by atoms with E-state index in [0.717, 1.165) is 0 Å². The quantitative estimate of drug-likeness (QED) is 0.392. The Labute approximate surface area is 101 Å². The van der Waals surface area contributed by atoms with Crippen LogP contribution in [0.15, 0.2) is 0 Å². The van der Waals surface area contributed by atoms with Gasteiger partial charge < -0.3 is 0 Å². The van der Waals surface area contributed by atoms with Crippen LogP contribution in [0.25, 0.3) is 0 Å². The van der Waals surface area contributed by atoms with Crippen molar-refractivity contribution >= 4 is 53.3 Å². The molecule has 0 N–H and O–H groups in total. The Balaban J connectivity index is 0. The predicted molar refractivity (Wildman–Crippen MR) is 29.8 cm³/mol. The van der Waals surface area contributed by atoms with Crippen molar-refractivity contribution in [3.05, 3.63) is 0 Å². The molecule has 0 spiro atoms. The zero-order chi connectivity index (χ0) is 0. The van der Waals surface area contributed by atoms with Crippen LogP contribution in [0.2, 0.25) is 0 Å². The molecule has 0 aliphatic rings. The fourth-order valence-electron chi connectivity index (χ4n) is 0. The summed E-state index contributed by atoms with van der Waals surface area (Å²) >= 11 is 0. The second-order valence-corrected chi connectivity index (χ2v) is 0. The molecule has 0 nitrogen and oxygen atoms in total. The third-order valence-corrected chi connectivity index (χ3v) is 0. The van der Waals surface area contributed by atoms with Gasteiger partial charge >= 0.3 is 35.9 Å². The first-order valence-corrected chi connectivity index (χ1v) is 0. The standard InChI is InChI=1S/Al.2AsH3.3Ni.3H/h;2*1H3;;;;;;. The molecule has 52 valence electrons. The number of rotatable bonds is 0. The van der Waals surface area contributed by atoms with Crippen LogP contribution >= 0.6 is 0 Å². The molecule has 0 aromatic rings. The molecule has 0 aliphatic carbocycles. The fourth-order valence-corrected chi connectivity index (χ4v) is 0. The second-order valence-electron chi connectivity index (χ2n) is 0. The first-order valence-electron chi connectivity index (χ1n) is 0. The van der Waals surface area contributed by atoms with Gasteiger partial charge in [0.15, 0.2) is 17.4 Å². The van der Waals surface area contributed by atoms with Gasteiger partial charge in [-0.15, -0.1) is 0 Å². The number of hydrogen-bond donors (Lipinski definition) is 0. The molecule has 2 unspecified atom stereocenters. The van der Waals surface area contributed by atoms with Gasteiger partial charge in [0, 0.05) is 49.5 Å². The maximum Gasteiger partial charge on any atom is 0 e. The number of hydrogen-bond acceptors (Lipinski definition) is 0. The second kappa shape index (κ2) is 42.2. The SMILES string of the molecule is [AlH3].[AsH3].[AsH3].[Ni].[Ni].[Ni]. The Bertz CT molecular complexity index is 8.75. The summed E-state index contributed by atoms with van der Waals surface area (Å²) in [5.41, 5.74) is 0. The summed E-state index contributed by atoms with van der Waals surface area (Å²) in [6.45, 7) is 0. The maximum absolute atomic E-state index is 0. The zero-order valence-corrected chi connectivity index (χ0v) is 11.3. The summed E-state index contributed by atoms with van der Waals surface area (Å²) in [5, 5.41) is 0. The Morgan fingerprint density at radius 1 is 0.500 bits per heavy atom. The van der Waals surface area contributed by atoms with E-state index in [1.807, 2.05) is 0 Å². The van der Waals surface area contributed by atoms with Crippen LogP contribution in [0, 0.1) is 0 Å². The van der Waals surface area contributed by atoms with Crippen molar-refractivity contribution < 1.29 is 49.5 Å². The van der Waals surface area contributed by atoms with Crippen LogP contribution in [0.3, 0.4) is 0 Å². The molecule has 0 heterocycles.